The number of benzene rings is 1. The van der Waals surface area contributed by atoms with Crippen molar-refractivity contribution in [3.8, 4) is 0 Å². The summed E-state index contributed by atoms with van der Waals surface area (Å²) in [5.74, 6) is 0.835. The van der Waals surface area contributed by atoms with Gasteiger partial charge in [0.05, 0.1) is 0 Å². The number of hydrogen-bond donors (Lipinski definition) is 1. The molecular formula is C18H23NS. The van der Waals surface area contributed by atoms with Gasteiger partial charge in [-0.05, 0) is 62.1 Å². The van der Waals surface area contributed by atoms with Crippen LogP contribution in [0.2, 0.25) is 0 Å². The zero-order chi connectivity index (χ0) is 14.1. The zero-order valence-electron chi connectivity index (χ0n) is 12.5. The van der Waals surface area contributed by atoms with E-state index in [0.29, 0.717) is 12.1 Å². The largest absolute Gasteiger partial charge is 0.302 e. The molecule has 106 valence electrons. The first-order chi connectivity index (χ1) is 9.65. The van der Waals surface area contributed by atoms with Crippen molar-refractivity contribution in [1.29, 1.82) is 0 Å². The minimum absolute atomic E-state index is 0.406. The van der Waals surface area contributed by atoms with Crippen LogP contribution in [-0.4, -0.2) is 0 Å². The lowest BCUT2D eigenvalue weighted by Gasteiger charge is -2.24. The molecule has 1 aliphatic rings. The Kier molecular flexibility index (Phi) is 3.95. The monoisotopic (exact) mass is 285 g/mol. The molecule has 0 spiro atoms. The molecule has 1 N–H and O–H groups in total. The van der Waals surface area contributed by atoms with Crippen molar-refractivity contribution in [2.75, 3.05) is 0 Å². The van der Waals surface area contributed by atoms with E-state index in [9.17, 15) is 0 Å². The second-order valence-electron chi connectivity index (χ2n) is 6.08. The van der Waals surface area contributed by atoms with Gasteiger partial charge in [0, 0.05) is 17.0 Å². The first-order valence-electron chi connectivity index (χ1n) is 7.52. The summed E-state index contributed by atoms with van der Waals surface area (Å²) in [6.07, 6.45) is 2.74. The highest BCUT2D eigenvalue weighted by atomic mass is 32.1. The fourth-order valence-electron chi connectivity index (χ4n) is 3.02. The topological polar surface area (TPSA) is 12.0 Å². The molecule has 1 fully saturated rings. The van der Waals surface area contributed by atoms with Gasteiger partial charge in [0.2, 0.25) is 0 Å². The highest BCUT2D eigenvalue weighted by Crippen LogP contribution is 2.43. The third-order valence-electron chi connectivity index (χ3n) is 4.26. The fourth-order valence-corrected chi connectivity index (χ4v) is 3.90. The third kappa shape index (κ3) is 2.97. The molecule has 1 heterocycles. The molecule has 20 heavy (non-hydrogen) atoms. The second-order valence-corrected chi connectivity index (χ2v) is 7.06. The Morgan fingerprint density at radius 2 is 2.00 bits per heavy atom. The summed E-state index contributed by atoms with van der Waals surface area (Å²) in [4.78, 5) is 1.49. The molecule has 0 saturated heterocycles. The first-order valence-corrected chi connectivity index (χ1v) is 8.39. The Hall–Kier alpha value is -1.12. The highest BCUT2D eigenvalue weighted by Gasteiger charge is 2.33. The fraction of sp³-hybridized carbons (Fsp3) is 0.444. The molecule has 1 aromatic carbocycles. The van der Waals surface area contributed by atoms with E-state index in [4.69, 9.17) is 0 Å². The van der Waals surface area contributed by atoms with Crippen LogP contribution in [0.25, 0.3) is 0 Å². The van der Waals surface area contributed by atoms with Crippen LogP contribution in [0.1, 0.15) is 53.4 Å². The molecule has 2 unspecified atom stereocenters. The normalized spacial score (nSPS) is 17.9. The van der Waals surface area contributed by atoms with Gasteiger partial charge in [-0.15, -0.1) is 11.3 Å². The van der Waals surface area contributed by atoms with E-state index >= 15 is 0 Å². The Morgan fingerprint density at radius 3 is 2.60 bits per heavy atom. The van der Waals surface area contributed by atoms with Gasteiger partial charge in [0.25, 0.3) is 0 Å². The maximum Gasteiger partial charge on any atom is 0.0448 e. The maximum absolute atomic E-state index is 3.87. The number of rotatable bonds is 5. The van der Waals surface area contributed by atoms with Crippen molar-refractivity contribution in [2.45, 2.75) is 45.7 Å². The highest BCUT2D eigenvalue weighted by molar-refractivity contribution is 7.10. The predicted octanol–water partition coefficient (Wildman–Crippen LogP) is 5.17. The molecule has 1 nitrogen and oxygen atoms in total. The van der Waals surface area contributed by atoms with Crippen LogP contribution in [-0.2, 0) is 0 Å². The van der Waals surface area contributed by atoms with Crippen molar-refractivity contribution < 1.29 is 0 Å². The van der Waals surface area contributed by atoms with Gasteiger partial charge >= 0.3 is 0 Å². The van der Waals surface area contributed by atoms with E-state index in [1.807, 2.05) is 11.3 Å². The lowest BCUT2D eigenvalue weighted by Crippen LogP contribution is -2.26. The van der Waals surface area contributed by atoms with Crippen molar-refractivity contribution in [3.05, 3.63) is 57.3 Å². The molecule has 0 aliphatic heterocycles. The first kappa shape index (κ1) is 13.8. The molecule has 3 rings (SSSR count). The van der Waals surface area contributed by atoms with E-state index in [2.05, 4.69) is 61.8 Å². The number of aryl methyl sites for hydroxylation is 2. The van der Waals surface area contributed by atoms with Crippen molar-refractivity contribution in [2.24, 2.45) is 5.92 Å². The zero-order valence-corrected chi connectivity index (χ0v) is 13.3. The van der Waals surface area contributed by atoms with Crippen LogP contribution in [0.4, 0.5) is 0 Å². The lowest BCUT2D eigenvalue weighted by atomic mass is 9.99. The third-order valence-corrected chi connectivity index (χ3v) is 5.22. The maximum atomic E-state index is 3.87. The van der Waals surface area contributed by atoms with E-state index in [1.165, 1.54) is 34.4 Å². The summed E-state index contributed by atoms with van der Waals surface area (Å²) in [7, 11) is 0. The molecule has 1 saturated carbocycles. The Balaban J connectivity index is 1.78. The number of hydrogen-bond acceptors (Lipinski definition) is 2. The van der Waals surface area contributed by atoms with E-state index in [0.717, 1.165) is 5.92 Å². The Labute approximate surface area is 126 Å². The SMILES string of the molecule is Cc1ccc(C(C)NC(c2cccs2)C2CC2)c(C)c1. The number of thiophene rings is 1. The summed E-state index contributed by atoms with van der Waals surface area (Å²) < 4.78 is 0. The molecule has 1 aliphatic carbocycles. The van der Waals surface area contributed by atoms with Gasteiger partial charge in [0.15, 0.2) is 0 Å². The molecule has 1 aromatic heterocycles. The van der Waals surface area contributed by atoms with Crippen LogP contribution in [0.15, 0.2) is 35.7 Å². The predicted molar refractivity (Wildman–Crippen MR) is 87.3 cm³/mol. The summed E-state index contributed by atoms with van der Waals surface area (Å²) in [6, 6.07) is 12.2. The van der Waals surface area contributed by atoms with Crippen LogP contribution in [0, 0.1) is 19.8 Å². The molecule has 2 aromatic rings. The van der Waals surface area contributed by atoms with Gasteiger partial charge in [-0.1, -0.05) is 29.8 Å². The summed E-state index contributed by atoms with van der Waals surface area (Å²) in [5.41, 5.74) is 4.17. The van der Waals surface area contributed by atoms with Gasteiger partial charge < -0.3 is 5.32 Å². The second kappa shape index (κ2) is 5.71. The molecule has 2 atom stereocenters. The van der Waals surface area contributed by atoms with Crippen LogP contribution >= 0.6 is 11.3 Å². The minimum atomic E-state index is 0.406. The molecule has 2 heteroatoms. The van der Waals surface area contributed by atoms with Gasteiger partial charge in [-0.25, -0.2) is 0 Å². The minimum Gasteiger partial charge on any atom is -0.302 e. The summed E-state index contributed by atoms with van der Waals surface area (Å²) in [6.45, 7) is 6.67. The van der Waals surface area contributed by atoms with E-state index in [-0.39, 0.29) is 0 Å². The van der Waals surface area contributed by atoms with Crippen LogP contribution in [0.3, 0.4) is 0 Å². The standard InChI is InChI=1S/C18H23NS/c1-12-6-9-16(13(2)11-12)14(3)19-18(15-7-8-15)17-5-4-10-20-17/h4-6,9-11,14-15,18-19H,7-8H2,1-3H3. The quantitative estimate of drug-likeness (QED) is 0.799. The molecule has 0 radical (unpaired) electrons. The number of nitrogens with one attached hydrogen (secondary N) is 1. The van der Waals surface area contributed by atoms with Crippen LogP contribution < -0.4 is 5.32 Å². The van der Waals surface area contributed by atoms with Gasteiger partial charge in [-0.2, -0.15) is 0 Å². The van der Waals surface area contributed by atoms with Crippen molar-refractivity contribution in [3.63, 3.8) is 0 Å². The van der Waals surface area contributed by atoms with Gasteiger partial charge in [-0.3, -0.25) is 0 Å². The summed E-state index contributed by atoms with van der Waals surface area (Å²) >= 11 is 1.88. The lowest BCUT2D eigenvalue weighted by molar-refractivity contribution is 0.432. The van der Waals surface area contributed by atoms with Crippen molar-refractivity contribution >= 4 is 11.3 Å². The average Bonchev–Trinajstić information content (AvgIpc) is 3.10. The van der Waals surface area contributed by atoms with Crippen LogP contribution in [0.5, 0.6) is 0 Å². The molecule has 0 amide bonds. The Morgan fingerprint density at radius 1 is 1.20 bits per heavy atom. The van der Waals surface area contributed by atoms with E-state index < -0.39 is 0 Å². The summed E-state index contributed by atoms with van der Waals surface area (Å²) in [5, 5.41) is 6.06. The smallest absolute Gasteiger partial charge is 0.0448 e. The Bertz CT molecular complexity index is 569. The average molecular weight is 285 g/mol. The van der Waals surface area contributed by atoms with Crippen molar-refractivity contribution in [1.82, 2.24) is 5.32 Å². The van der Waals surface area contributed by atoms with Gasteiger partial charge in [0.1, 0.15) is 0 Å². The molecule has 0 bridgehead atoms. The van der Waals surface area contributed by atoms with E-state index in [1.54, 1.807) is 0 Å². The molecular weight excluding hydrogens is 262 g/mol.